The molecule has 1 saturated heterocycles. The van der Waals surface area contributed by atoms with E-state index in [1.807, 2.05) is 31.7 Å². The molecule has 0 saturated carbocycles. The van der Waals surface area contributed by atoms with Crippen LogP contribution in [0.2, 0.25) is 23.2 Å². The van der Waals surface area contributed by atoms with Crippen LogP contribution in [0.4, 0.5) is 10.5 Å². The molecule has 2 atom stereocenters. The van der Waals surface area contributed by atoms with Crippen LogP contribution < -0.4 is 4.90 Å². The number of carbonyl (C=O) groups excluding carboxylic acids is 1. The molecule has 0 aromatic heterocycles. The third kappa shape index (κ3) is 6.27. The fourth-order valence-corrected chi connectivity index (χ4v) is 6.53. The second kappa shape index (κ2) is 9.71. The molecule has 0 bridgehead atoms. The molecular formula is C25H40BrClN2O3Si. The Balaban J connectivity index is 1.85. The third-order valence-corrected chi connectivity index (χ3v) is 12.5. The Morgan fingerprint density at radius 1 is 1.21 bits per heavy atom. The number of likely N-dealkylation sites (tertiary alicyclic amines) is 1. The summed E-state index contributed by atoms with van der Waals surface area (Å²) >= 11 is 10.1. The third-order valence-electron chi connectivity index (χ3n) is 7.14. The van der Waals surface area contributed by atoms with Gasteiger partial charge < -0.3 is 19.0 Å². The zero-order valence-electron chi connectivity index (χ0n) is 21.4. The van der Waals surface area contributed by atoms with Gasteiger partial charge in [-0.3, -0.25) is 0 Å². The van der Waals surface area contributed by atoms with Crippen molar-refractivity contribution in [1.29, 1.82) is 0 Å². The maximum Gasteiger partial charge on any atom is 0.410 e. The Bertz CT molecular complexity index is 882. The Hall–Kier alpha value is -0.763. The van der Waals surface area contributed by atoms with Crippen molar-refractivity contribution in [2.24, 2.45) is 0 Å². The Morgan fingerprint density at radius 2 is 1.88 bits per heavy atom. The van der Waals surface area contributed by atoms with Gasteiger partial charge in [0.1, 0.15) is 5.60 Å². The van der Waals surface area contributed by atoms with Crippen LogP contribution in [-0.4, -0.2) is 56.7 Å². The number of rotatable bonds is 4. The molecule has 1 aromatic carbocycles. The van der Waals surface area contributed by atoms with E-state index in [0.717, 1.165) is 35.3 Å². The second-order valence-corrected chi connectivity index (χ2v) is 18.0. The summed E-state index contributed by atoms with van der Waals surface area (Å²) in [6.07, 6.45) is 2.71. The predicted molar refractivity (Wildman–Crippen MR) is 143 cm³/mol. The maximum atomic E-state index is 13.2. The minimum Gasteiger partial charge on any atom is -0.444 e. The van der Waals surface area contributed by atoms with Crippen molar-refractivity contribution in [1.82, 2.24) is 4.90 Å². The molecule has 2 aliphatic heterocycles. The quantitative estimate of drug-likeness (QED) is 0.364. The molecule has 1 amide bonds. The lowest BCUT2D eigenvalue weighted by Crippen LogP contribution is -2.47. The molecule has 0 radical (unpaired) electrons. The first kappa shape index (κ1) is 26.8. The molecule has 0 spiro atoms. The lowest BCUT2D eigenvalue weighted by Gasteiger charge is -2.38. The van der Waals surface area contributed by atoms with Gasteiger partial charge in [-0.05, 0) is 91.8 Å². The SMILES string of the molecule is CC(C)(C)OC(=O)N1C[C@H](N2CCCc3cc(Cl)cc(Br)c32)C[C@@H]1CO[Si](C)(C)C(C)(C)C. The normalized spacial score (nSPS) is 21.9. The standard InChI is InChI=1S/C25H40BrClN2O3Si/c1-24(2,3)32-23(30)29-15-19(14-20(29)16-31-33(7,8)25(4,5)6)28-11-9-10-17-12-18(27)13-21(26)22(17)28/h12-13,19-20H,9-11,14-16H2,1-8H3/t19-,20-/m1/s1. The minimum absolute atomic E-state index is 0.00423. The Morgan fingerprint density at radius 3 is 2.48 bits per heavy atom. The van der Waals surface area contributed by atoms with Gasteiger partial charge in [-0.1, -0.05) is 32.4 Å². The molecular weight excluding hydrogens is 520 g/mol. The van der Waals surface area contributed by atoms with Crippen LogP contribution in [0.25, 0.3) is 0 Å². The summed E-state index contributed by atoms with van der Waals surface area (Å²) in [5.74, 6) is 0. The second-order valence-electron chi connectivity index (χ2n) is 11.9. The van der Waals surface area contributed by atoms with Gasteiger partial charge in [0.15, 0.2) is 8.32 Å². The molecule has 1 fully saturated rings. The van der Waals surface area contributed by atoms with Gasteiger partial charge in [0.2, 0.25) is 0 Å². The van der Waals surface area contributed by atoms with Crippen molar-refractivity contribution < 1.29 is 14.0 Å². The van der Waals surface area contributed by atoms with Gasteiger partial charge in [0, 0.05) is 28.6 Å². The number of anilines is 1. The van der Waals surface area contributed by atoms with Gasteiger partial charge in [-0.25, -0.2) is 4.79 Å². The molecule has 0 unspecified atom stereocenters. The highest BCUT2D eigenvalue weighted by molar-refractivity contribution is 9.10. The minimum atomic E-state index is -1.93. The average molecular weight is 560 g/mol. The number of benzene rings is 1. The van der Waals surface area contributed by atoms with Gasteiger partial charge in [-0.15, -0.1) is 0 Å². The zero-order valence-corrected chi connectivity index (χ0v) is 24.8. The summed E-state index contributed by atoms with van der Waals surface area (Å²) < 4.78 is 13.4. The summed E-state index contributed by atoms with van der Waals surface area (Å²) in [5, 5.41) is 0.877. The topological polar surface area (TPSA) is 42.0 Å². The number of carbonyl (C=O) groups is 1. The lowest BCUT2D eigenvalue weighted by molar-refractivity contribution is 0.0180. The predicted octanol–water partition coefficient (Wildman–Crippen LogP) is 7.25. The average Bonchev–Trinajstić information content (AvgIpc) is 3.08. The van der Waals surface area contributed by atoms with Crippen molar-refractivity contribution in [2.45, 2.75) is 96.6 Å². The van der Waals surface area contributed by atoms with Gasteiger partial charge in [-0.2, -0.15) is 0 Å². The van der Waals surface area contributed by atoms with Crippen LogP contribution >= 0.6 is 27.5 Å². The molecule has 0 N–H and O–H groups in total. The van der Waals surface area contributed by atoms with Crippen LogP contribution in [0.5, 0.6) is 0 Å². The molecule has 0 aliphatic carbocycles. The number of amides is 1. The van der Waals surface area contributed by atoms with Crippen molar-refractivity contribution in [2.75, 3.05) is 24.6 Å². The fourth-order valence-electron chi connectivity index (χ4n) is 4.39. The lowest BCUT2D eigenvalue weighted by atomic mass is 9.99. The van der Waals surface area contributed by atoms with Gasteiger partial charge in [0.25, 0.3) is 0 Å². The first-order valence-corrected chi connectivity index (χ1v) is 16.0. The van der Waals surface area contributed by atoms with E-state index in [9.17, 15) is 4.79 Å². The number of halogens is 2. The fraction of sp³-hybridized carbons (Fsp3) is 0.720. The van der Waals surface area contributed by atoms with Crippen LogP contribution in [0.1, 0.15) is 59.9 Å². The highest BCUT2D eigenvalue weighted by Crippen LogP contribution is 2.41. The van der Waals surface area contributed by atoms with Gasteiger partial charge >= 0.3 is 6.09 Å². The molecule has 1 aromatic rings. The molecule has 186 valence electrons. The Labute approximate surface area is 214 Å². The van der Waals surface area contributed by atoms with Crippen LogP contribution in [0, 0.1) is 0 Å². The van der Waals surface area contributed by atoms with E-state index in [0.29, 0.717) is 13.2 Å². The van der Waals surface area contributed by atoms with Crippen molar-refractivity contribution in [3.05, 3.63) is 27.2 Å². The van der Waals surface area contributed by atoms with E-state index < -0.39 is 13.9 Å². The number of nitrogens with zero attached hydrogens (tertiary/aromatic N) is 2. The van der Waals surface area contributed by atoms with E-state index in [4.69, 9.17) is 20.8 Å². The summed E-state index contributed by atoms with van der Waals surface area (Å²) in [6.45, 7) is 19.2. The molecule has 2 heterocycles. The molecule has 2 aliphatic rings. The molecule has 3 rings (SSSR count). The highest BCUT2D eigenvalue weighted by Gasteiger charge is 2.44. The summed E-state index contributed by atoms with van der Waals surface area (Å²) in [6, 6.07) is 4.25. The van der Waals surface area contributed by atoms with E-state index in [-0.39, 0.29) is 23.2 Å². The van der Waals surface area contributed by atoms with Crippen molar-refractivity contribution >= 4 is 47.6 Å². The molecule has 33 heavy (non-hydrogen) atoms. The number of fused-ring (bicyclic) bond motifs is 1. The van der Waals surface area contributed by atoms with Crippen molar-refractivity contribution in [3.8, 4) is 0 Å². The summed E-state index contributed by atoms with van der Waals surface area (Å²) in [7, 11) is -1.93. The van der Waals surface area contributed by atoms with E-state index in [2.05, 4.69) is 60.8 Å². The number of aryl methyl sites for hydroxylation is 1. The van der Waals surface area contributed by atoms with E-state index in [1.165, 1.54) is 11.3 Å². The van der Waals surface area contributed by atoms with Gasteiger partial charge in [0.05, 0.1) is 18.3 Å². The number of hydrogen-bond acceptors (Lipinski definition) is 4. The highest BCUT2D eigenvalue weighted by atomic mass is 79.9. The van der Waals surface area contributed by atoms with Crippen LogP contribution in [0.15, 0.2) is 16.6 Å². The monoisotopic (exact) mass is 558 g/mol. The van der Waals surface area contributed by atoms with Crippen LogP contribution in [-0.2, 0) is 15.6 Å². The molecule has 5 nitrogen and oxygen atoms in total. The first-order chi connectivity index (χ1) is 15.1. The zero-order chi connectivity index (χ0) is 24.8. The van der Waals surface area contributed by atoms with Crippen molar-refractivity contribution in [3.63, 3.8) is 0 Å². The van der Waals surface area contributed by atoms with Crippen LogP contribution in [0.3, 0.4) is 0 Å². The Kier molecular flexibility index (Phi) is 7.89. The summed E-state index contributed by atoms with van der Waals surface area (Å²) in [5.41, 5.74) is 1.95. The van der Waals surface area contributed by atoms with E-state index >= 15 is 0 Å². The summed E-state index contributed by atoms with van der Waals surface area (Å²) in [4.78, 5) is 17.6. The van der Waals surface area contributed by atoms with E-state index in [1.54, 1.807) is 0 Å². The number of ether oxygens (including phenoxy) is 1. The largest absolute Gasteiger partial charge is 0.444 e. The number of hydrogen-bond donors (Lipinski definition) is 0. The first-order valence-electron chi connectivity index (χ1n) is 12.0. The maximum absolute atomic E-state index is 13.2. The molecule has 8 heteroatoms. The smallest absolute Gasteiger partial charge is 0.410 e.